The van der Waals surface area contributed by atoms with Gasteiger partial charge in [0.05, 0.1) is 29.2 Å². The fourth-order valence-electron chi connectivity index (χ4n) is 3.74. The van der Waals surface area contributed by atoms with Gasteiger partial charge in [0.2, 0.25) is 0 Å². The molecule has 0 unspecified atom stereocenters. The Morgan fingerprint density at radius 1 is 0.929 bits per heavy atom. The second kappa shape index (κ2) is 6.48. The standard InChI is InChI=1S/C18H14BrF3N2O3S/c19-12-4-6-13(7-5-12)23-15-9-28(26,27)10-16(15)24(17(23)25)14-3-1-2-11(8-14)18(20,21)22/h1-8,15-16H,9-10H2/t15-,16-/m1/s1. The average Bonchev–Trinajstić information content (AvgIpc) is 3.04. The summed E-state index contributed by atoms with van der Waals surface area (Å²) < 4.78 is 64.6. The van der Waals surface area contributed by atoms with Gasteiger partial charge in [-0.1, -0.05) is 22.0 Å². The number of hydrogen-bond donors (Lipinski definition) is 0. The van der Waals surface area contributed by atoms with Crippen LogP contribution in [0.1, 0.15) is 5.56 Å². The second-order valence-electron chi connectivity index (χ2n) is 6.76. The van der Waals surface area contributed by atoms with Crippen molar-refractivity contribution < 1.29 is 26.4 Å². The van der Waals surface area contributed by atoms with Crippen LogP contribution in [0.25, 0.3) is 0 Å². The maximum absolute atomic E-state index is 13.1. The first-order valence-electron chi connectivity index (χ1n) is 8.32. The van der Waals surface area contributed by atoms with Crippen molar-refractivity contribution in [2.24, 2.45) is 0 Å². The van der Waals surface area contributed by atoms with Crippen molar-refractivity contribution in [1.29, 1.82) is 0 Å². The van der Waals surface area contributed by atoms with Crippen LogP contribution >= 0.6 is 15.9 Å². The fourth-order valence-corrected chi connectivity index (χ4v) is 5.92. The highest BCUT2D eigenvalue weighted by molar-refractivity contribution is 9.10. The maximum atomic E-state index is 13.1. The Kier molecular flexibility index (Phi) is 4.46. The third-order valence-corrected chi connectivity index (χ3v) is 7.15. The average molecular weight is 475 g/mol. The van der Waals surface area contributed by atoms with Gasteiger partial charge in [0.1, 0.15) is 0 Å². The van der Waals surface area contributed by atoms with Crippen molar-refractivity contribution >= 4 is 43.2 Å². The number of alkyl halides is 3. The lowest BCUT2D eigenvalue weighted by molar-refractivity contribution is -0.137. The van der Waals surface area contributed by atoms with Gasteiger partial charge in [-0.15, -0.1) is 0 Å². The summed E-state index contributed by atoms with van der Waals surface area (Å²) in [7, 11) is -3.42. The number of nitrogens with zero attached hydrogens (tertiary/aromatic N) is 2. The van der Waals surface area contributed by atoms with E-state index in [1.807, 2.05) is 0 Å². The molecular formula is C18H14BrF3N2O3S. The Labute approximate surface area is 167 Å². The van der Waals surface area contributed by atoms with Gasteiger partial charge < -0.3 is 0 Å². The van der Waals surface area contributed by atoms with Crippen molar-refractivity contribution in [3.8, 4) is 0 Å². The molecule has 148 valence electrons. The lowest BCUT2D eigenvalue weighted by Gasteiger charge is -2.23. The molecule has 0 aromatic heterocycles. The summed E-state index contributed by atoms with van der Waals surface area (Å²) in [4.78, 5) is 15.7. The number of urea groups is 1. The molecule has 2 atom stereocenters. The van der Waals surface area contributed by atoms with E-state index in [1.165, 1.54) is 21.9 Å². The summed E-state index contributed by atoms with van der Waals surface area (Å²) in [6.07, 6.45) is -4.56. The van der Waals surface area contributed by atoms with E-state index in [2.05, 4.69) is 15.9 Å². The Hall–Kier alpha value is -2.07. The summed E-state index contributed by atoms with van der Waals surface area (Å²) in [6, 6.07) is 9.22. The van der Waals surface area contributed by atoms with E-state index in [0.717, 1.165) is 16.6 Å². The Bertz CT molecular complexity index is 1040. The van der Waals surface area contributed by atoms with Crippen LogP contribution in [0.3, 0.4) is 0 Å². The van der Waals surface area contributed by atoms with Gasteiger partial charge in [-0.3, -0.25) is 9.80 Å². The highest BCUT2D eigenvalue weighted by Crippen LogP contribution is 2.40. The van der Waals surface area contributed by atoms with Gasteiger partial charge in [0.25, 0.3) is 0 Å². The van der Waals surface area contributed by atoms with Crippen LogP contribution in [0.5, 0.6) is 0 Å². The van der Waals surface area contributed by atoms with Gasteiger partial charge in [0.15, 0.2) is 9.84 Å². The number of carbonyl (C=O) groups excluding carboxylic acids is 1. The van der Waals surface area contributed by atoms with Gasteiger partial charge >= 0.3 is 12.2 Å². The van der Waals surface area contributed by atoms with Crippen LogP contribution in [0.2, 0.25) is 0 Å². The molecule has 0 spiro atoms. The number of benzene rings is 2. The van der Waals surface area contributed by atoms with Crippen LogP contribution in [-0.2, 0) is 16.0 Å². The minimum absolute atomic E-state index is 0.0338. The zero-order valence-corrected chi connectivity index (χ0v) is 16.6. The van der Waals surface area contributed by atoms with Gasteiger partial charge in [-0.25, -0.2) is 13.2 Å². The van der Waals surface area contributed by atoms with Crippen LogP contribution in [0, 0.1) is 0 Å². The molecule has 4 rings (SSSR count). The van der Waals surface area contributed by atoms with Crippen LogP contribution in [-0.4, -0.2) is 38.0 Å². The zero-order chi connectivity index (χ0) is 20.3. The molecule has 0 saturated carbocycles. The molecule has 5 nitrogen and oxygen atoms in total. The van der Waals surface area contributed by atoms with E-state index in [0.29, 0.717) is 5.69 Å². The molecule has 0 radical (unpaired) electrons. The first-order chi connectivity index (χ1) is 13.1. The lowest BCUT2D eigenvalue weighted by Crippen LogP contribution is -2.38. The van der Waals surface area contributed by atoms with Gasteiger partial charge in [-0.05, 0) is 42.5 Å². The lowest BCUT2D eigenvalue weighted by atomic mass is 10.1. The number of rotatable bonds is 2. The molecule has 2 amide bonds. The number of carbonyl (C=O) groups is 1. The van der Waals surface area contributed by atoms with E-state index in [9.17, 15) is 26.4 Å². The number of sulfone groups is 1. The number of hydrogen-bond acceptors (Lipinski definition) is 3. The Morgan fingerprint density at radius 3 is 2.07 bits per heavy atom. The minimum Gasteiger partial charge on any atom is -0.288 e. The fraction of sp³-hybridized carbons (Fsp3) is 0.278. The number of anilines is 2. The molecule has 0 bridgehead atoms. The van der Waals surface area contributed by atoms with E-state index < -0.39 is 39.7 Å². The topological polar surface area (TPSA) is 57.7 Å². The maximum Gasteiger partial charge on any atom is 0.416 e. The largest absolute Gasteiger partial charge is 0.416 e. The van der Waals surface area contributed by atoms with E-state index >= 15 is 0 Å². The molecule has 0 aliphatic carbocycles. The smallest absolute Gasteiger partial charge is 0.288 e. The summed E-state index contributed by atoms with van der Waals surface area (Å²) in [5, 5.41) is 0. The van der Waals surface area contributed by atoms with Crippen LogP contribution in [0.15, 0.2) is 53.0 Å². The van der Waals surface area contributed by atoms with E-state index in [1.54, 1.807) is 24.3 Å². The molecule has 2 aliphatic heterocycles. The summed E-state index contributed by atoms with van der Waals surface area (Å²) >= 11 is 3.30. The third kappa shape index (κ3) is 3.28. The summed E-state index contributed by atoms with van der Waals surface area (Å²) in [6.45, 7) is 0. The van der Waals surface area contributed by atoms with Crippen molar-refractivity contribution in [3.63, 3.8) is 0 Å². The molecule has 10 heteroatoms. The Morgan fingerprint density at radius 2 is 1.50 bits per heavy atom. The minimum atomic E-state index is -4.56. The quantitative estimate of drug-likeness (QED) is 0.616. The monoisotopic (exact) mass is 474 g/mol. The van der Waals surface area contributed by atoms with Crippen molar-refractivity contribution in [2.75, 3.05) is 21.3 Å². The SMILES string of the molecule is O=C1N(c2ccc(Br)cc2)[C@@H]2CS(=O)(=O)C[C@H]2N1c1cccc(C(F)(F)F)c1. The highest BCUT2D eigenvalue weighted by Gasteiger charge is 2.54. The number of amides is 2. The van der Waals surface area contributed by atoms with E-state index in [4.69, 9.17) is 0 Å². The second-order valence-corrected chi connectivity index (χ2v) is 9.83. The first-order valence-corrected chi connectivity index (χ1v) is 10.9. The predicted molar refractivity (Wildman–Crippen MR) is 102 cm³/mol. The number of fused-ring (bicyclic) bond motifs is 1. The summed E-state index contributed by atoms with van der Waals surface area (Å²) in [5.74, 6) is -0.512. The van der Waals surface area contributed by atoms with Crippen LogP contribution < -0.4 is 9.80 Å². The predicted octanol–water partition coefficient (Wildman–Crippen LogP) is 4.08. The molecule has 2 fully saturated rings. The zero-order valence-electron chi connectivity index (χ0n) is 14.2. The molecule has 2 heterocycles. The highest BCUT2D eigenvalue weighted by atomic mass is 79.9. The molecular weight excluding hydrogens is 461 g/mol. The number of halogens is 4. The van der Waals surface area contributed by atoms with Crippen LogP contribution in [0.4, 0.5) is 29.3 Å². The third-order valence-electron chi connectivity index (χ3n) is 4.93. The molecule has 0 N–H and O–H groups in total. The van der Waals surface area contributed by atoms with Crippen molar-refractivity contribution in [2.45, 2.75) is 18.3 Å². The first kappa shape index (κ1) is 19.3. The van der Waals surface area contributed by atoms with E-state index in [-0.39, 0.29) is 17.2 Å². The molecule has 2 saturated heterocycles. The molecule has 2 aromatic rings. The van der Waals surface area contributed by atoms with Gasteiger partial charge in [0, 0.05) is 15.8 Å². The molecule has 28 heavy (non-hydrogen) atoms. The Balaban J connectivity index is 1.80. The van der Waals surface area contributed by atoms with Crippen molar-refractivity contribution in [1.82, 2.24) is 0 Å². The normalized spacial score (nSPS) is 23.9. The summed E-state index contributed by atoms with van der Waals surface area (Å²) in [5.41, 5.74) is -0.362. The van der Waals surface area contributed by atoms with Gasteiger partial charge in [-0.2, -0.15) is 13.2 Å². The van der Waals surface area contributed by atoms with Crippen molar-refractivity contribution in [3.05, 3.63) is 58.6 Å². The molecule has 2 aromatic carbocycles. The molecule has 2 aliphatic rings.